The van der Waals surface area contributed by atoms with E-state index in [0.29, 0.717) is 24.5 Å². The van der Waals surface area contributed by atoms with E-state index in [1.54, 1.807) is 30.2 Å². The van der Waals surface area contributed by atoms with Crippen LogP contribution in [0.1, 0.15) is 28.9 Å². The molecule has 2 heterocycles. The monoisotopic (exact) mass is 363 g/mol. The molecule has 0 aliphatic carbocycles. The summed E-state index contributed by atoms with van der Waals surface area (Å²) in [4.78, 5) is 16.9. The first-order valence-corrected chi connectivity index (χ1v) is 9.58. The van der Waals surface area contributed by atoms with E-state index in [1.165, 1.54) is 12.3 Å². The number of amides is 1. The van der Waals surface area contributed by atoms with E-state index >= 15 is 0 Å². The van der Waals surface area contributed by atoms with Crippen molar-refractivity contribution in [2.75, 3.05) is 20.2 Å². The Morgan fingerprint density at radius 2 is 2.04 bits per heavy atom. The molecule has 7 nitrogen and oxygen atoms in total. The Balaban J connectivity index is 1.68. The van der Waals surface area contributed by atoms with Gasteiger partial charge in [-0.2, -0.15) is 0 Å². The maximum Gasteiger partial charge on any atom is 0.270 e. The third-order valence-electron chi connectivity index (χ3n) is 4.19. The Morgan fingerprint density at radius 1 is 1.28 bits per heavy atom. The lowest BCUT2D eigenvalue weighted by molar-refractivity contribution is 0.0787. The van der Waals surface area contributed by atoms with E-state index in [0.717, 1.165) is 18.4 Å². The van der Waals surface area contributed by atoms with Crippen LogP contribution in [0.4, 0.5) is 0 Å². The molecular formula is C17H21N3O4S. The van der Waals surface area contributed by atoms with Gasteiger partial charge < -0.3 is 14.6 Å². The number of nitrogens with one attached hydrogen (secondary N) is 2. The predicted molar refractivity (Wildman–Crippen MR) is 92.9 cm³/mol. The van der Waals surface area contributed by atoms with Crippen LogP contribution < -0.4 is 9.46 Å². The summed E-state index contributed by atoms with van der Waals surface area (Å²) in [7, 11) is -2.15. The third-order valence-corrected chi connectivity index (χ3v) is 5.57. The standard InChI is InChI=1S/C17H21N3O4S/c1-24-14-6-4-5-13(9-14)11-19-25(22,23)15-10-16(18-12-15)17(21)20-7-2-3-8-20/h4-6,9-10,12,18-19H,2-3,7-8,11H2,1H3. The van der Waals surface area contributed by atoms with E-state index in [-0.39, 0.29) is 17.3 Å². The summed E-state index contributed by atoms with van der Waals surface area (Å²) in [5.41, 5.74) is 1.08. The SMILES string of the molecule is COc1cccc(CNS(=O)(=O)c2c[nH]c(C(=O)N3CCCC3)c2)c1. The van der Waals surface area contributed by atoms with Gasteiger partial charge in [0.1, 0.15) is 16.3 Å². The zero-order valence-corrected chi connectivity index (χ0v) is 14.8. The number of aromatic nitrogens is 1. The largest absolute Gasteiger partial charge is 0.497 e. The third kappa shape index (κ3) is 4.02. The normalized spacial score (nSPS) is 14.7. The number of carbonyl (C=O) groups is 1. The summed E-state index contributed by atoms with van der Waals surface area (Å²) in [6.07, 6.45) is 3.32. The molecule has 1 amide bonds. The summed E-state index contributed by atoms with van der Waals surface area (Å²) < 4.78 is 32.5. The molecule has 3 rings (SSSR count). The molecule has 8 heteroatoms. The summed E-state index contributed by atoms with van der Waals surface area (Å²) in [5.74, 6) is 0.503. The highest BCUT2D eigenvalue weighted by Crippen LogP contribution is 2.17. The molecule has 0 radical (unpaired) electrons. The Labute approximate surface area is 147 Å². The number of hydrogen-bond donors (Lipinski definition) is 2. The van der Waals surface area contributed by atoms with Crippen molar-refractivity contribution in [2.24, 2.45) is 0 Å². The number of H-pyrrole nitrogens is 1. The Hall–Kier alpha value is -2.32. The molecule has 1 saturated heterocycles. The first-order chi connectivity index (χ1) is 12.0. The van der Waals surface area contributed by atoms with Crippen molar-refractivity contribution in [1.82, 2.24) is 14.6 Å². The first kappa shape index (κ1) is 17.5. The molecule has 1 aliphatic rings. The zero-order chi connectivity index (χ0) is 17.9. The smallest absolute Gasteiger partial charge is 0.270 e. The maximum absolute atomic E-state index is 12.4. The highest BCUT2D eigenvalue weighted by Gasteiger charge is 2.23. The van der Waals surface area contributed by atoms with Crippen molar-refractivity contribution >= 4 is 15.9 Å². The molecule has 0 atom stereocenters. The van der Waals surface area contributed by atoms with Crippen LogP contribution in [0.25, 0.3) is 0 Å². The lowest BCUT2D eigenvalue weighted by atomic mass is 10.2. The molecule has 0 unspecified atom stereocenters. The number of likely N-dealkylation sites (tertiary alicyclic amines) is 1. The number of benzene rings is 1. The number of carbonyl (C=O) groups excluding carboxylic acids is 1. The maximum atomic E-state index is 12.4. The molecule has 0 saturated carbocycles. The van der Waals surface area contributed by atoms with E-state index in [1.807, 2.05) is 6.07 Å². The first-order valence-electron chi connectivity index (χ1n) is 8.10. The minimum Gasteiger partial charge on any atom is -0.497 e. The second kappa shape index (κ2) is 7.28. The van der Waals surface area contributed by atoms with Crippen LogP contribution >= 0.6 is 0 Å². The quantitative estimate of drug-likeness (QED) is 0.818. The lowest BCUT2D eigenvalue weighted by Crippen LogP contribution is -2.27. The van der Waals surface area contributed by atoms with Crippen molar-refractivity contribution in [3.05, 3.63) is 47.8 Å². The fraction of sp³-hybridized carbons (Fsp3) is 0.353. The summed E-state index contributed by atoms with van der Waals surface area (Å²) in [6, 6.07) is 8.55. The summed E-state index contributed by atoms with van der Waals surface area (Å²) >= 11 is 0. The molecule has 2 N–H and O–H groups in total. The molecule has 134 valence electrons. The Bertz CT molecular complexity index is 854. The average molecular weight is 363 g/mol. The van der Waals surface area contributed by atoms with Gasteiger partial charge in [0.25, 0.3) is 5.91 Å². The topological polar surface area (TPSA) is 91.5 Å². The Kier molecular flexibility index (Phi) is 5.10. The van der Waals surface area contributed by atoms with Gasteiger partial charge in [-0.25, -0.2) is 13.1 Å². The fourth-order valence-corrected chi connectivity index (χ4v) is 3.80. The van der Waals surface area contributed by atoms with Gasteiger partial charge in [0.05, 0.1) is 7.11 Å². The van der Waals surface area contributed by atoms with Crippen molar-refractivity contribution in [3.8, 4) is 5.75 Å². The predicted octanol–water partition coefficient (Wildman–Crippen LogP) is 1.74. The van der Waals surface area contributed by atoms with Crippen molar-refractivity contribution < 1.29 is 17.9 Å². The van der Waals surface area contributed by atoms with Gasteiger partial charge in [0.2, 0.25) is 10.0 Å². The molecule has 25 heavy (non-hydrogen) atoms. The Morgan fingerprint density at radius 3 is 2.76 bits per heavy atom. The minimum absolute atomic E-state index is 0.0537. The van der Waals surface area contributed by atoms with Crippen LogP contribution in [0.5, 0.6) is 5.75 Å². The van der Waals surface area contributed by atoms with Crippen molar-refractivity contribution in [2.45, 2.75) is 24.3 Å². The van der Waals surface area contributed by atoms with Crippen LogP contribution in [-0.4, -0.2) is 44.4 Å². The molecule has 2 aromatic rings. The highest BCUT2D eigenvalue weighted by atomic mass is 32.2. The fourth-order valence-electron chi connectivity index (χ4n) is 2.79. The minimum atomic E-state index is -3.71. The highest BCUT2D eigenvalue weighted by molar-refractivity contribution is 7.89. The molecule has 1 aromatic heterocycles. The number of ether oxygens (including phenoxy) is 1. The second-order valence-corrected chi connectivity index (χ2v) is 7.69. The second-order valence-electron chi connectivity index (χ2n) is 5.92. The van der Waals surface area contributed by atoms with Gasteiger partial charge in [0, 0.05) is 25.8 Å². The van der Waals surface area contributed by atoms with Gasteiger partial charge in [-0.3, -0.25) is 4.79 Å². The zero-order valence-electron chi connectivity index (χ0n) is 14.0. The van der Waals surface area contributed by atoms with E-state index in [4.69, 9.17) is 4.74 Å². The van der Waals surface area contributed by atoms with Crippen LogP contribution in [0.2, 0.25) is 0 Å². The summed E-state index contributed by atoms with van der Waals surface area (Å²) in [5, 5.41) is 0. The number of methoxy groups -OCH3 is 1. The number of hydrogen-bond acceptors (Lipinski definition) is 4. The molecular weight excluding hydrogens is 342 g/mol. The average Bonchev–Trinajstić information content (AvgIpc) is 3.31. The van der Waals surface area contributed by atoms with Crippen molar-refractivity contribution in [3.63, 3.8) is 0 Å². The number of rotatable bonds is 6. The van der Waals surface area contributed by atoms with Gasteiger partial charge in [-0.15, -0.1) is 0 Å². The van der Waals surface area contributed by atoms with Crippen LogP contribution in [0.15, 0.2) is 41.4 Å². The van der Waals surface area contributed by atoms with Gasteiger partial charge in [-0.05, 0) is 36.6 Å². The van der Waals surface area contributed by atoms with Crippen LogP contribution in [0, 0.1) is 0 Å². The van der Waals surface area contributed by atoms with E-state index in [9.17, 15) is 13.2 Å². The van der Waals surface area contributed by atoms with Crippen LogP contribution in [0.3, 0.4) is 0 Å². The lowest BCUT2D eigenvalue weighted by Gasteiger charge is -2.13. The van der Waals surface area contributed by atoms with Gasteiger partial charge in [-0.1, -0.05) is 12.1 Å². The molecule has 1 aliphatic heterocycles. The number of sulfonamides is 1. The summed E-state index contributed by atoms with van der Waals surface area (Å²) in [6.45, 7) is 1.57. The van der Waals surface area contributed by atoms with Gasteiger partial charge >= 0.3 is 0 Å². The molecule has 1 fully saturated rings. The molecule has 1 aromatic carbocycles. The van der Waals surface area contributed by atoms with E-state index in [2.05, 4.69) is 9.71 Å². The molecule has 0 spiro atoms. The van der Waals surface area contributed by atoms with Crippen molar-refractivity contribution in [1.29, 1.82) is 0 Å². The van der Waals surface area contributed by atoms with Crippen LogP contribution in [-0.2, 0) is 16.6 Å². The molecule has 0 bridgehead atoms. The number of nitrogens with zero attached hydrogens (tertiary/aromatic N) is 1. The van der Waals surface area contributed by atoms with E-state index < -0.39 is 10.0 Å². The number of aromatic amines is 1. The van der Waals surface area contributed by atoms with Gasteiger partial charge in [0.15, 0.2) is 0 Å².